The van der Waals surface area contributed by atoms with Crippen LogP contribution in [-0.2, 0) is 10.2 Å². The molecule has 2 aromatic carbocycles. The van der Waals surface area contributed by atoms with Crippen molar-refractivity contribution in [3.63, 3.8) is 0 Å². The van der Waals surface area contributed by atoms with Gasteiger partial charge in [0.2, 0.25) is 5.91 Å². The van der Waals surface area contributed by atoms with Crippen molar-refractivity contribution in [2.24, 2.45) is 0 Å². The third kappa shape index (κ3) is 4.70. The van der Waals surface area contributed by atoms with Crippen LogP contribution in [0.1, 0.15) is 44.9 Å². The summed E-state index contributed by atoms with van der Waals surface area (Å²) in [4.78, 5) is 15.3. The van der Waals surface area contributed by atoms with Gasteiger partial charge in [0.25, 0.3) is 0 Å². The smallest absolute Gasteiger partial charge is 0.230 e. The molecular formula is C22H30N2O. The Morgan fingerprint density at radius 2 is 1.48 bits per heavy atom. The van der Waals surface area contributed by atoms with Crippen LogP contribution >= 0.6 is 0 Å². The van der Waals surface area contributed by atoms with Crippen LogP contribution in [0.3, 0.4) is 0 Å². The van der Waals surface area contributed by atoms with Gasteiger partial charge in [0.15, 0.2) is 0 Å². The standard InChI is InChI=1S/C22H30N2O/c1-5-24(6-2)20(18-13-9-7-10-14-18)17-23-21(25)22(3,4)19-15-11-8-12-16-19/h7-16,20H,5-6,17H2,1-4H3,(H,23,25)/t20-/m1/s1. The largest absolute Gasteiger partial charge is 0.353 e. The summed E-state index contributed by atoms with van der Waals surface area (Å²) in [5.74, 6) is 0.0618. The van der Waals surface area contributed by atoms with Gasteiger partial charge in [0, 0.05) is 6.54 Å². The van der Waals surface area contributed by atoms with Gasteiger partial charge in [0.1, 0.15) is 0 Å². The van der Waals surface area contributed by atoms with Crippen LogP contribution in [0.2, 0.25) is 0 Å². The van der Waals surface area contributed by atoms with E-state index in [1.165, 1.54) is 5.56 Å². The summed E-state index contributed by atoms with van der Waals surface area (Å²) < 4.78 is 0. The Bertz CT molecular complexity index is 648. The molecule has 1 atom stereocenters. The summed E-state index contributed by atoms with van der Waals surface area (Å²) in [6.07, 6.45) is 0. The van der Waals surface area contributed by atoms with E-state index in [1.807, 2.05) is 50.2 Å². The molecule has 1 amide bonds. The lowest BCUT2D eigenvalue weighted by Gasteiger charge is -2.32. The molecule has 0 unspecified atom stereocenters. The van der Waals surface area contributed by atoms with Crippen LogP contribution < -0.4 is 5.32 Å². The molecule has 0 aliphatic heterocycles. The van der Waals surface area contributed by atoms with Crippen LogP contribution in [0.5, 0.6) is 0 Å². The quantitative estimate of drug-likeness (QED) is 0.784. The van der Waals surface area contributed by atoms with E-state index in [0.717, 1.165) is 18.7 Å². The molecule has 0 fully saturated rings. The molecule has 1 N–H and O–H groups in total. The number of nitrogens with one attached hydrogen (secondary N) is 1. The Balaban J connectivity index is 2.13. The number of rotatable bonds is 8. The summed E-state index contributed by atoms with van der Waals surface area (Å²) >= 11 is 0. The van der Waals surface area contributed by atoms with Gasteiger partial charge in [-0.3, -0.25) is 9.69 Å². The van der Waals surface area contributed by atoms with E-state index in [-0.39, 0.29) is 11.9 Å². The van der Waals surface area contributed by atoms with E-state index in [0.29, 0.717) is 6.54 Å². The molecule has 3 nitrogen and oxygen atoms in total. The number of hydrogen-bond donors (Lipinski definition) is 1. The molecule has 2 rings (SSSR count). The first kappa shape index (κ1) is 19.2. The minimum absolute atomic E-state index is 0.0618. The first-order valence-electron chi connectivity index (χ1n) is 9.13. The predicted octanol–water partition coefficient (Wildman–Crippen LogP) is 4.16. The van der Waals surface area contributed by atoms with Crippen molar-refractivity contribution in [1.82, 2.24) is 10.2 Å². The maximum Gasteiger partial charge on any atom is 0.230 e. The molecule has 134 valence electrons. The van der Waals surface area contributed by atoms with Crippen molar-refractivity contribution in [2.45, 2.75) is 39.2 Å². The highest BCUT2D eigenvalue weighted by molar-refractivity contribution is 5.87. The topological polar surface area (TPSA) is 32.3 Å². The Labute approximate surface area is 152 Å². The first-order chi connectivity index (χ1) is 12.0. The molecule has 0 aromatic heterocycles. The van der Waals surface area contributed by atoms with E-state index in [4.69, 9.17) is 0 Å². The minimum Gasteiger partial charge on any atom is -0.353 e. The molecule has 0 aliphatic carbocycles. The third-order valence-electron chi connectivity index (χ3n) is 4.96. The van der Waals surface area contributed by atoms with Crippen molar-refractivity contribution >= 4 is 5.91 Å². The van der Waals surface area contributed by atoms with Gasteiger partial charge in [-0.05, 0) is 38.1 Å². The van der Waals surface area contributed by atoms with Gasteiger partial charge < -0.3 is 5.32 Å². The molecule has 0 aliphatic rings. The molecule has 3 heteroatoms. The van der Waals surface area contributed by atoms with Crippen molar-refractivity contribution in [1.29, 1.82) is 0 Å². The molecular weight excluding hydrogens is 308 g/mol. The van der Waals surface area contributed by atoms with E-state index < -0.39 is 5.41 Å². The SMILES string of the molecule is CCN(CC)[C@H](CNC(=O)C(C)(C)c1ccccc1)c1ccccc1. The lowest BCUT2D eigenvalue weighted by molar-refractivity contribution is -0.125. The molecule has 0 spiro atoms. The summed E-state index contributed by atoms with van der Waals surface area (Å²) in [6.45, 7) is 10.8. The maximum atomic E-state index is 12.9. The molecule has 25 heavy (non-hydrogen) atoms. The van der Waals surface area contributed by atoms with Crippen LogP contribution in [0.15, 0.2) is 60.7 Å². The number of hydrogen-bond acceptors (Lipinski definition) is 2. The van der Waals surface area contributed by atoms with E-state index in [2.05, 4.69) is 48.3 Å². The number of amides is 1. The zero-order valence-electron chi connectivity index (χ0n) is 15.8. The molecule has 0 heterocycles. The molecule has 0 saturated carbocycles. The number of likely N-dealkylation sites (N-methyl/N-ethyl adjacent to an activating group) is 1. The fourth-order valence-electron chi connectivity index (χ4n) is 3.19. The third-order valence-corrected chi connectivity index (χ3v) is 4.96. The van der Waals surface area contributed by atoms with Crippen LogP contribution in [0.25, 0.3) is 0 Å². The number of benzene rings is 2. The summed E-state index contributed by atoms with van der Waals surface area (Å²) in [6, 6.07) is 20.6. The Hall–Kier alpha value is -2.13. The molecule has 0 bridgehead atoms. The molecule has 2 aromatic rings. The highest BCUT2D eigenvalue weighted by Gasteiger charge is 2.30. The summed E-state index contributed by atoms with van der Waals surface area (Å²) in [7, 11) is 0. The Morgan fingerprint density at radius 3 is 2.00 bits per heavy atom. The second-order valence-corrected chi connectivity index (χ2v) is 6.85. The average Bonchev–Trinajstić information content (AvgIpc) is 2.66. The van der Waals surface area contributed by atoms with E-state index in [1.54, 1.807) is 0 Å². The number of nitrogens with zero attached hydrogens (tertiary/aromatic N) is 1. The number of carbonyl (C=O) groups excluding carboxylic acids is 1. The average molecular weight is 338 g/mol. The zero-order chi connectivity index (χ0) is 18.3. The molecule has 0 radical (unpaired) electrons. The highest BCUT2D eigenvalue weighted by Crippen LogP contribution is 2.24. The summed E-state index contributed by atoms with van der Waals surface area (Å²) in [5.41, 5.74) is 1.72. The monoisotopic (exact) mass is 338 g/mol. The fraction of sp³-hybridized carbons (Fsp3) is 0.409. The fourth-order valence-corrected chi connectivity index (χ4v) is 3.19. The van der Waals surface area contributed by atoms with Gasteiger partial charge in [-0.2, -0.15) is 0 Å². The van der Waals surface area contributed by atoms with E-state index >= 15 is 0 Å². The van der Waals surface area contributed by atoms with Gasteiger partial charge in [-0.25, -0.2) is 0 Å². The van der Waals surface area contributed by atoms with Crippen LogP contribution in [0.4, 0.5) is 0 Å². The lowest BCUT2D eigenvalue weighted by atomic mass is 9.83. The molecule has 0 saturated heterocycles. The minimum atomic E-state index is -0.550. The van der Waals surface area contributed by atoms with Crippen molar-refractivity contribution in [3.05, 3.63) is 71.8 Å². The highest BCUT2D eigenvalue weighted by atomic mass is 16.2. The second-order valence-electron chi connectivity index (χ2n) is 6.85. The predicted molar refractivity (Wildman–Crippen MR) is 105 cm³/mol. The van der Waals surface area contributed by atoms with Gasteiger partial charge in [0.05, 0.1) is 11.5 Å². The van der Waals surface area contributed by atoms with Gasteiger partial charge in [-0.1, -0.05) is 74.5 Å². The zero-order valence-corrected chi connectivity index (χ0v) is 15.8. The Morgan fingerprint density at radius 1 is 0.960 bits per heavy atom. The normalized spacial score (nSPS) is 12.8. The Kier molecular flexibility index (Phi) is 6.77. The van der Waals surface area contributed by atoms with Gasteiger partial charge >= 0.3 is 0 Å². The second kappa shape index (κ2) is 8.82. The van der Waals surface area contributed by atoms with Crippen LogP contribution in [0, 0.1) is 0 Å². The maximum absolute atomic E-state index is 12.9. The van der Waals surface area contributed by atoms with E-state index in [9.17, 15) is 4.79 Å². The van der Waals surface area contributed by atoms with Crippen molar-refractivity contribution < 1.29 is 4.79 Å². The lowest BCUT2D eigenvalue weighted by Crippen LogP contribution is -2.44. The van der Waals surface area contributed by atoms with Crippen molar-refractivity contribution in [3.8, 4) is 0 Å². The van der Waals surface area contributed by atoms with Gasteiger partial charge in [-0.15, -0.1) is 0 Å². The summed E-state index contributed by atoms with van der Waals surface area (Å²) in [5, 5.41) is 3.19. The first-order valence-corrected chi connectivity index (χ1v) is 9.13. The number of carbonyl (C=O) groups is 1. The van der Waals surface area contributed by atoms with Crippen LogP contribution in [-0.4, -0.2) is 30.4 Å². The van der Waals surface area contributed by atoms with Crippen molar-refractivity contribution in [2.75, 3.05) is 19.6 Å².